The van der Waals surface area contributed by atoms with E-state index in [9.17, 15) is 14.4 Å². The maximum Gasteiger partial charge on any atom is 0.162 e. The number of hydrogen-bond acceptors (Lipinski definition) is 4. The Kier molecular flexibility index (Phi) is 7.79. The van der Waals surface area contributed by atoms with E-state index in [1.54, 1.807) is 21.0 Å². The Hall–Kier alpha value is -2.69. The lowest BCUT2D eigenvalue weighted by Crippen LogP contribution is -2.01. The Morgan fingerprint density at radius 1 is 1.08 bits per heavy atom. The van der Waals surface area contributed by atoms with Gasteiger partial charge in [-0.05, 0) is 38.5 Å². The summed E-state index contributed by atoms with van der Waals surface area (Å²) in [6.45, 7) is 6.67. The van der Waals surface area contributed by atoms with Gasteiger partial charge in [-0.15, -0.1) is 0 Å². The lowest BCUT2D eigenvalue weighted by atomic mass is 10.0. The highest BCUT2D eigenvalue weighted by Gasteiger charge is 2.13. The standard InChI is InChI=1S/C14H15NO2.C6H10O2/c1-9-14(10(2)16)13(8-15-9)11-4-6-12(17-3)7-5-11;1-3-6(8)4-5(2)7/h4-8,15H,1-3H3;3-4H2,1-2H3. The predicted molar refractivity (Wildman–Crippen MR) is 98.1 cm³/mol. The summed E-state index contributed by atoms with van der Waals surface area (Å²) >= 11 is 0. The molecule has 0 atom stereocenters. The van der Waals surface area contributed by atoms with Crippen molar-refractivity contribution < 1.29 is 19.1 Å². The maximum absolute atomic E-state index is 11.6. The fraction of sp³-hybridized carbons (Fsp3) is 0.350. The van der Waals surface area contributed by atoms with Crippen molar-refractivity contribution in [2.75, 3.05) is 7.11 Å². The second-order valence-corrected chi connectivity index (χ2v) is 5.76. The molecule has 0 saturated heterocycles. The van der Waals surface area contributed by atoms with Crippen molar-refractivity contribution in [1.29, 1.82) is 0 Å². The minimum atomic E-state index is -0.0446. The molecule has 1 heterocycles. The van der Waals surface area contributed by atoms with Gasteiger partial charge in [0.1, 0.15) is 17.3 Å². The van der Waals surface area contributed by atoms with Crippen molar-refractivity contribution >= 4 is 17.3 Å². The molecule has 1 aromatic heterocycles. The molecule has 0 bridgehead atoms. The van der Waals surface area contributed by atoms with Gasteiger partial charge < -0.3 is 9.72 Å². The molecule has 5 nitrogen and oxygen atoms in total. The third kappa shape index (κ3) is 6.03. The molecule has 1 N–H and O–H groups in total. The van der Waals surface area contributed by atoms with E-state index in [-0.39, 0.29) is 23.8 Å². The molecule has 2 rings (SSSR count). The number of hydrogen-bond donors (Lipinski definition) is 1. The van der Waals surface area contributed by atoms with E-state index >= 15 is 0 Å². The number of methoxy groups -OCH3 is 1. The first-order valence-electron chi connectivity index (χ1n) is 8.14. The van der Waals surface area contributed by atoms with E-state index in [4.69, 9.17) is 4.74 Å². The molecule has 1 aromatic carbocycles. The van der Waals surface area contributed by atoms with Crippen molar-refractivity contribution in [3.8, 4) is 16.9 Å². The summed E-state index contributed by atoms with van der Waals surface area (Å²) in [6, 6.07) is 7.69. The van der Waals surface area contributed by atoms with Crippen LogP contribution < -0.4 is 4.74 Å². The van der Waals surface area contributed by atoms with Crippen LogP contribution in [0.15, 0.2) is 30.5 Å². The van der Waals surface area contributed by atoms with Crippen molar-refractivity contribution in [1.82, 2.24) is 4.98 Å². The number of H-pyrrole nitrogens is 1. The number of carbonyl (C=O) groups excluding carboxylic acids is 3. The first kappa shape index (κ1) is 20.4. The van der Waals surface area contributed by atoms with Crippen LogP contribution in [0.2, 0.25) is 0 Å². The maximum atomic E-state index is 11.6. The van der Waals surface area contributed by atoms with Gasteiger partial charge in [-0.3, -0.25) is 14.4 Å². The van der Waals surface area contributed by atoms with Gasteiger partial charge in [0, 0.05) is 29.4 Å². The van der Waals surface area contributed by atoms with Crippen LogP contribution in [-0.2, 0) is 9.59 Å². The molecule has 0 aliphatic heterocycles. The normalized spacial score (nSPS) is 9.80. The van der Waals surface area contributed by atoms with Gasteiger partial charge in [0.25, 0.3) is 0 Å². The molecular weight excluding hydrogens is 318 g/mol. The van der Waals surface area contributed by atoms with Crippen LogP contribution in [-0.4, -0.2) is 29.4 Å². The Bertz CT molecular complexity index is 742. The zero-order valence-electron chi connectivity index (χ0n) is 15.4. The highest BCUT2D eigenvalue weighted by molar-refractivity contribution is 6.02. The summed E-state index contributed by atoms with van der Waals surface area (Å²) in [6.07, 6.45) is 2.45. The fourth-order valence-electron chi connectivity index (χ4n) is 2.38. The molecule has 0 radical (unpaired) electrons. The van der Waals surface area contributed by atoms with Gasteiger partial charge in [-0.1, -0.05) is 19.1 Å². The number of ether oxygens (including phenoxy) is 1. The van der Waals surface area contributed by atoms with Crippen LogP contribution in [0.3, 0.4) is 0 Å². The molecule has 0 aliphatic carbocycles. The number of ketones is 3. The van der Waals surface area contributed by atoms with Crippen LogP contribution >= 0.6 is 0 Å². The van der Waals surface area contributed by atoms with Gasteiger partial charge in [0.15, 0.2) is 5.78 Å². The van der Waals surface area contributed by atoms with E-state index in [2.05, 4.69) is 4.98 Å². The summed E-state index contributed by atoms with van der Waals surface area (Å²) in [7, 11) is 1.64. The number of aryl methyl sites for hydroxylation is 1. The van der Waals surface area contributed by atoms with Crippen LogP contribution in [0, 0.1) is 6.92 Å². The molecule has 0 unspecified atom stereocenters. The number of carbonyl (C=O) groups is 3. The Morgan fingerprint density at radius 3 is 2.08 bits per heavy atom. The van der Waals surface area contributed by atoms with Gasteiger partial charge in [0.2, 0.25) is 0 Å². The Labute approximate surface area is 148 Å². The van der Waals surface area contributed by atoms with Crippen molar-refractivity contribution in [3.63, 3.8) is 0 Å². The van der Waals surface area contributed by atoms with Crippen molar-refractivity contribution in [2.24, 2.45) is 0 Å². The summed E-state index contributed by atoms with van der Waals surface area (Å²) in [5.41, 5.74) is 3.62. The lowest BCUT2D eigenvalue weighted by molar-refractivity contribution is -0.125. The van der Waals surface area contributed by atoms with E-state index in [0.29, 0.717) is 6.42 Å². The minimum absolute atomic E-state index is 0.0255. The molecule has 0 amide bonds. The number of benzene rings is 1. The number of aromatic nitrogens is 1. The Morgan fingerprint density at radius 2 is 1.68 bits per heavy atom. The molecule has 0 fully saturated rings. The monoisotopic (exact) mass is 343 g/mol. The highest BCUT2D eigenvalue weighted by Crippen LogP contribution is 2.27. The van der Waals surface area contributed by atoms with Gasteiger partial charge in [0.05, 0.1) is 13.5 Å². The summed E-state index contributed by atoms with van der Waals surface area (Å²) in [5, 5.41) is 0. The zero-order valence-corrected chi connectivity index (χ0v) is 15.4. The summed E-state index contributed by atoms with van der Waals surface area (Å²) in [4.78, 5) is 35.3. The van der Waals surface area contributed by atoms with Crippen LogP contribution in [0.1, 0.15) is 49.7 Å². The SMILES string of the molecule is CCC(=O)CC(C)=O.COc1ccc(-c2c[nH]c(C)c2C(C)=O)cc1. The average Bonchev–Trinajstić information content (AvgIpc) is 2.96. The average molecular weight is 343 g/mol. The number of aromatic amines is 1. The van der Waals surface area contributed by atoms with E-state index < -0.39 is 0 Å². The largest absolute Gasteiger partial charge is 0.497 e. The molecule has 0 aliphatic rings. The van der Waals surface area contributed by atoms with Crippen LogP contribution in [0.5, 0.6) is 5.75 Å². The van der Waals surface area contributed by atoms with Crippen molar-refractivity contribution in [2.45, 2.75) is 40.5 Å². The zero-order chi connectivity index (χ0) is 19.0. The lowest BCUT2D eigenvalue weighted by Gasteiger charge is -2.04. The second kappa shape index (κ2) is 9.57. The number of nitrogens with one attached hydrogen (secondary N) is 1. The van der Waals surface area contributed by atoms with Crippen molar-refractivity contribution in [3.05, 3.63) is 41.7 Å². The highest BCUT2D eigenvalue weighted by atomic mass is 16.5. The first-order chi connectivity index (χ1) is 11.8. The van der Waals surface area contributed by atoms with Crippen LogP contribution in [0.4, 0.5) is 0 Å². The van der Waals surface area contributed by atoms with E-state index in [1.807, 2.05) is 37.4 Å². The van der Waals surface area contributed by atoms with Crippen LogP contribution in [0.25, 0.3) is 11.1 Å². The van der Waals surface area contributed by atoms with E-state index in [1.165, 1.54) is 6.92 Å². The molecule has 25 heavy (non-hydrogen) atoms. The molecule has 0 saturated carbocycles. The summed E-state index contributed by atoms with van der Waals surface area (Å²) in [5.74, 6) is 0.870. The second-order valence-electron chi connectivity index (χ2n) is 5.76. The fourth-order valence-corrected chi connectivity index (χ4v) is 2.38. The third-order valence-electron chi connectivity index (χ3n) is 3.67. The number of Topliss-reactive ketones (excluding diaryl/α,β-unsaturated/α-hetero) is 3. The smallest absolute Gasteiger partial charge is 0.162 e. The molecular formula is C20H25NO4. The number of rotatable bonds is 6. The van der Waals surface area contributed by atoms with Gasteiger partial charge >= 0.3 is 0 Å². The minimum Gasteiger partial charge on any atom is -0.497 e. The molecule has 5 heteroatoms. The molecule has 134 valence electrons. The Balaban J connectivity index is 0.000000333. The van der Waals surface area contributed by atoms with Gasteiger partial charge in [-0.25, -0.2) is 0 Å². The molecule has 2 aromatic rings. The molecule has 0 spiro atoms. The van der Waals surface area contributed by atoms with Gasteiger partial charge in [-0.2, -0.15) is 0 Å². The first-order valence-corrected chi connectivity index (χ1v) is 8.14. The quantitative estimate of drug-likeness (QED) is 0.631. The topological polar surface area (TPSA) is 76.2 Å². The van der Waals surface area contributed by atoms with E-state index in [0.717, 1.165) is 28.1 Å². The third-order valence-corrected chi connectivity index (χ3v) is 3.67. The summed E-state index contributed by atoms with van der Waals surface area (Å²) < 4.78 is 5.11. The predicted octanol–water partition coefficient (Wildman–Crippen LogP) is 4.15.